The van der Waals surface area contributed by atoms with Gasteiger partial charge in [0.25, 0.3) is 0 Å². The topological polar surface area (TPSA) is 44.2 Å². The van der Waals surface area contributed by atoms with Crippen molar-refractivity contribution in [2.75, 3.05) is 7.11 Å². The van der Waals surface area contributed by atoms with E-state index >= 15 is 0 Å². The summed E-state index contributed by atoms with van der Waals surface area (Å²) in [6.45, 7) is 6.34. The Balaban J connectivity index is 2.41. The van der Waals surface area contributed by atoms with Crippen molar-refractivity contribution in [2.24, 2.45) is 0 Å². The highest BCUT2D eigenvalue weighted by molar-refractivity contribution is 6.29. The predicted octanol–water partition coefficient (Wildman–Crippen LogP) is 4.23. The van der Waals surface area contributed by atoms with Gasteiger partial charge in [0, 0.05) is 11.6 Å². The molecule has 4 nitrogen and oxygen atoms in total. The molecule has 1 heterocycles. The molecule has 0 N–H and O–H groups in total. The fraction of sp³-hybridized carbons (Fsp3) is 0.333. The maximum atomic E-state index is 5.84. The van der Waals surface area contributed by atoms with Gasteiger partial charge in [0.1, 0.15) is 23.0 Å². The monoisotopic (exact) mass is 292 g/mol. The Morgan fingerprint density at radius 2 is 1.85 bits per heavy atom. The minimum Gasteiger partial charge on any atom is -0.497 e. The lowest BCUT2D eigenvalue weighted by molar-refractivity contribution is 0.405. The van der Waals surface area contributed by atoms with Gasteiger partial charge in [-0.2, -0.15) is 0 Å². The Morgan fingerprint density at radius 3 is 2.45 bits per heavy atom. The second-order valence-electron chi connectivity index (χ2n) is 5.39. The van der Waals surface area contributed by atoms with E-state index in [1.54, 1.807) is 13.2 Å². The number of ether oxygens (including phenoxy) is 2. The fourth-order valence-corrected chi connectivity index (χ4v) is 1.93. The third kappa shape index (κ3) is 3.39. The van der Waals surface area contributed by atoms with Crippen molar-refractivity contribution in [1.82, 2.24) is 9.97 Å². The number of rotatable bonds is 3. The van der Waals surface area contributed by atoms with Gasteiger partial charge < -0.3 is 9.47 Å². The van der Waals surface area contributed by atoms with Gasteiger partial charge in [-0.1, -0.05) is 32.4 Å². The maximum absolute atomic E-state index is 5.84. The number of aromatic nitrogens is 2. The number of halogens is 1. The molecule has 0 unspecified atom stereocenters. The molecule has 0 aliphatic rings. The highest BCUT2D eigenvalue weighted by Gasteiger charge is 2.20. The molecule has 0 saturated heterocycles. The minimum absolute atomic E-state index is 0.0826. The van der Waals surface area contributed by atoms with Crippen molar-refractivity contribution in [3.63, 3.8) is 0 Å². The lowest BCUT2D eigenvalue weighted by Gasteiger charge is -2.23. The van der Waals surface area contributed by atoms with Crippen LogP contribution in [0.5, 0.6) is 17.4 Å². The van der Waals surface area contributed by atoms with Crippen LogP contribution in [0.15, 0.2) is 30.6 Å². The lowest BCUT2D eigenvalue weighted by atomic mass is 9.86. The average Bonchev–Trinajstić information content (AvgIpc) is 2.38. The smallest absolute Gasteiger partial charge is 0.223 e. The molecule has 1 aromatic heterocycles. The molecule has 0 radical (unpaired) electrons. The van der Waals surface area contributed by atoms with Gasteiger partial charge in [-0.3, -0.25) is 0 Å². The number of methoxy groups -OCH3 is 1. The van der Waals surface area contributed by atoms with Gasteiger partial charge in [-0.05, 0) is 23.6 Å². The van der Waals surface area contributed by atoms with Crippen molar-refractivity contribution in [3.8, 4) is 17.4 Å². The SMILES string of the molecule is COc1ccc(Oc2cc(Cl)ncn2)c(C(C)(C)C)c1. The van der Waals surface area contributed by atoms with Crippen LogP contribution in [-0.2, 0) is 5.41 Å². The van der Waals surface area contributed by atoms with Crippen LogP contribution in [0.2, 0.25) is 5.15 Å². The molecule has 1 aromatic carbocycles. The summed E-state index contributed by atoms with van der Waals surface area (Å²) in [5.74, 6) is 1.94. The molecule has 2 aromatic rings. The number of benzene rings is 1. The second kappa shape index (κ2) is 5.67. The summed E-state index contributed by atoms with van der Waals surface area (Å²) < 4.78 is 11.1. The van der Waals surface area contributed by atoms with Crippen molar-refractivity contribution < 1.29 is 9.47 Å². The fourth-order valence-electron chi connectivity index (χ4n) is 1.80. The van der Waals surface area contributed by atoms with Crippen molar-refractivity contribution >= 4 is 11.6 Å². The van der Waals surface area contributed by atoms with Crippen LogP contribution >= 0.6 is 11.6 Å². The van der Waals surface area contributed by atoms with E-state index in [9.17, 15) is 0 Å². The van der Waals surface area contributed by atoms with Crippen molar-refractivity contribution in [1.29, 1.82) is 0 Å². The Kier molecular flexibility index (Phi) is 4.14. The van der Waals surface area contributed by atoms with E-state index in [0.717, 1.165) is 17.1 Å². The van der Waals surface area contributed by atoms with Crippen LogP contribution in [0.1, 0.15) is 26.3 Å². The van der Waals surface area contributed by atoms with E-state index in [4.69, 9.17) is 21.1 Å². The molecule has 0 aliphatic carbocycles. The Hall–Kier alpha value is -1.81. The molecule has 20 heavy (non-hydrogen) atoms. The first kappa shape index (κ1) is 14.6. The van der Waals surface area contributed by atoms with Crippen LogP contribution in [-0.4, -0.2) is 17.1 Å². The second-order valence-corrected chi connectivity index (χ2v) is 5.78. The van der Waals surface area contributed by atoms with Gasteiger partial charge in [0.05, 0.1) is 7.11 Å². The Labute approximate surface area is 123 Å². The standard InChI is InChI=1S/C15H17ClN2O2/c1-15(2,3)11-7-10(19-4)5-6-12(11)20-14-8-13(16)17-9-18-14/h5-9H,1-4H3. The Bertz CT molecular complexity index is 609. The van der Waals surface area contributed by atoms with Crippen molar-refractivity contribution in [3.05, 3.63) is 41.3 Å². The highest BCUT2D eigenvalue weighted by Crippen LogP contribution is 2.36. The molecule has 0 amide bonds. The summed E-state index contributed by atoms with van der Waals surface area (Å²) in [5.41, 5.74) is 0.951. The first-order chi connectivity index (χ1) is 9.40. The number of hydrogen-bond donors (Lipinski definition) is 0. The number of nitrogens with zero attached hydrogens (tertiary/aromatic N) is 2. The number of hydrogen-bond acceptors (Lipinski definition) is 4. The first-order valence-electron chi connectivity index (χ1n) is 6.24. The molecule has 5 heteroatoms. The molecule has 2 rings (SSSR count). The van der Waals surface area contributed by atoms with E-state index in [-0.39, 0.29) is 5.41 Å². The van der Waals surface area contributed by atoms with E-state index in [1.165, 1.54) is 6.33 Å². The molecule has 0 fully saturated rings. The largest absolute Gasteiger partial charge is 0.497 e. The summed E-state index contributed by atoms with van der Waals surface area (Å²) in [4.78, 5) is 7.89. The van der Waals surface area contributed by atoms with Crippen LogP contribution in [0, 0.1) is 0 Å². The van der Waals surface area contributed by atoms with Crippen molar-refractivity contribution in [2.45, 2.75) is 26.2 Å². The molecule has 0 atom stereocenters. The van der Waals surface area contributed by atoms with Gasteiger partial charge in [0.15, 0.2) is 0 Å². The molecule has 0 saturated carbocycles. The quantitative estimate of drug-likeness (QED) is 0.794. The lowest BCUT2D eigenvalue weighted by Crippen LogP contribution is -2.13. The first-order valence-corrected chi connectivity index (χ1v) is 6.62. The molecule has 106 valence electrons. The summed E-state index contributed by atoms with van der Waals surface area (Å²) in [6.07, 6.45) is 1.37. The van der Waals surface area contributed by atoms with Crippen LogP contribution < -0.4 is 9.47 Å². The van der Waals surface area contributed by atoms with E-state index in [0.29, 0.717) is 11.0 Å². The van der Waals surface area contributed by atoms with Gasteiger partial charge in [-0.15, -0.1) is 0 Å². The van der Waals surface area contributed by atoms with Gasteiger partial charge in [0.2, 0.25) is 5.88 Å². The van der Waals surface area contributed by atoms with E-state index in [1.807, 2.05) is 18.2 Å². The van der Waals surface area contributed by atoms with Gasteiger partial charge in [-0.25, -0.2) is 9.97 Å². The Morgan fingerprint density at radius 1 is 1.10 bits per heavy atom. The summed E-state index contributed by atoms with van der Waals surface area (Å²) in [6, 6.07) is 7.28. The van der Waals surface area contributed by atoms with E-state index < -0.39 is 0 Å². The zero-order chi connectivity index (χ0) is 14.8. The molecule has 0 spiro atoms. The molecule has 0 bridgehead atoms. The van der Waals surface area contributed by atoms with Crippen LogP contribution in [0.4, 0.5) is 0 Å². The van der Waals surface area contributed by atoms with Crippen LogP contribution in [0.3, 0.4) is 0 Å². The zero-order valence-corrected chi connectivity index (χ0v) is 12.7. The van der Waals surface area contributed by atoms with Crippen LogP contribution in [0.25, 0.3) is 0 Å². The third-order valence-corrected chi connectivity index (χ3v) is 3.02. The molecular weight excluding hydrogens is 276 g/mol. The molecular formula is C15H17ClN2O2. The zero-order valence-electron chi connectivity index (χ0n) is 12.0. The van der Waals surface area contributed by atoms with E-state index in [2.05, 4.69) is 30.7 Å². The maximum Gasteiger partial charge on any atom is 0.223 e. The highest BCUT2D eigenvalue weighted by atomic mass is 35.5. The molecule has 0 aliphatic heterocycles. The minimum atomic E-state index is -0.0826. The third-order valence-electron chi connectivity index (χ3n) is 2.82. The summed E-state index contributed by atoms with van der Waals surface area (Å²) in [5, 5.41) is 0.348. The average molecular weight is 293 g/mol. The van der Waals surface area contributed by atoms with Gasteiger partial charge >= 0.3 is 0 Å². The summed E-state index contributed by atoms with van der Waals surface area (Å²) >= 11 is 5.84. The summed E-state index contributed by atoms with van der Waals surface area (Å²) in [7, 11) is 1.65. The normalized spacial score (nSPS) is 11.2. The predicted molar refractivity (Wildman–Crippen MR) is 78.8 cm³/mol.